The van der Waals surface area contributed by atoms with E-state index < -0.39 is 18.5 Å². The van der Waals surface area contributed by atoms with Crippen molar-refractivity contribution in [1.29, 1.82) is 0 Å². The molecule has 0 saturated heterocycles. The van der Waals surface area contributed by atoms with E-state index in [4.69, 9.17) is 16.3 Å². The van der Waals surface area contributed by atoms with Crippen molar-refractivity contribution in [3.05, 3.63) is 58.2 Å². The molecule has 0 bridgehead atoms. The number of ether oxygens (including phenoxy) is 1. The second kappa shape index (κ2) is 6.94. The third-order valence-corrected chi connectivity index (χ3v) is 4.01. The first-order chi connectivity index (χ1) is 11.9. The molecule has 0 aliphatic rings. The predicted molar refractivity (Wildman–Crippen MR) is 95.9 cm³/mol. The van der Waals surface area contributed by atoms with Crippen LogP contribution in [0.25, 0.3) is 10.9 Å². The number of aryl methyl sites for hydroxylation is 2. The topological polar surface area (TPSA) is 84.1 Å². The van der Waals surface area contributed by atoms with Crippen molar-refractivity contribution in [2.45, 2.75) is 13.8 Å². The molecule has 25 heavy (non-hydrogen) atoms. The summed E-state index contributed by atoms with van der Waals surface area (Å²) in [7, 11) is 0. The monoisotopic (exact) mass is 357 g/mol. The molecule has 0 saturated carbocycles. The molecule has 7 heteroatoms. The molecule has 0 unspecified atom stereocenters. The molecule has 1 amide bonds. The van der Waals surface area contributed by atoms with Gasteiger partial charge in [0.1, 0.15) is 0 Å². The van der Waals surface area contributed by atoms with Gasteiger partial charge in [0.2, 0.25) is 0 Å². The smallest absolute Gasteiger partial charge is 0.338 e. The number of aromatic nitrogens is 2. The first-order valence-corrected chi connectivity index (χ1v) is 7.98. The predicted octanol–water partition coefficient (Wildman–Crippen LogP) is 3.63. The van der Waals surface area contributed by atoms with Gasteiger partial charge in [0.15, 0.2) is 6.61 Å². The number of hydrogen-bond acceptors (Lipinski definition) is 4. The number of halogens is 1. The van der Waals surface area contributed by atoms with Gasteiger partial charge in [-0.2, -0.15) is 5.10 Å². The van der Waals surface area contributed by atoms with E-state index in [2.05, 4.69) is 15.5 Å². The summed E-state index contributed by atoms with van der Waals surface area (Å²) in [6.07, 6.45) is 1.66. The van der Waals surface area contributed by atoms with E-state index in [-0.39, 0.29) is 0 Å². The second-order valence-electron chi connectivity index (χ2n) is 5.73. The standard InChI is InChI=1S/C18H16ClN3O3/c1-10-5-11(2)17(14(19)6-10)21-16(23)9-25-18(24)12-3-4-13-8-20-22-15(13)7-12/h3-8H,9H2,1-2H3,(H,20,22)(H,21,23). The number of H-pyrrole nitrogens is 1. The molecule has 0 atom stereocenters. The van der Waals surface area contributed by atoms with Crippen LogP contribution in [0.5, 0.6) is 0 Å². The van der Waals surface area contributed by atoms with Crippen LogP contribution in [-0.2, 0) is 9.53 Å². The lowest BCUT2D eigenvalue weighted by Gasteiger charge is -2.11. The van der Waals surface area contributed by atoms with E-state index >= 15 is 0 Å². The number of amides is 1. The maximum Gasteiger partial charge on any atom is 0.338 e. The highest BCUT2D eigenvalue weighted by molar-refractivity contribution is 6.34. The quantitative estimate of drug-likeness (QED) is 0.698. The summed E-state index contributed by atoms with van der Waals surface area (Å²) in [6, 6.07) is 8.68. The minimum Gasteiger partial charge on any atom is -0.452 e. The zero-order valence-electron chi connectivity index (χ0n) is 13.7. The molecule has 0 spiro atoms. The average Bonchev–Trinajstić information content (AvgIpc) is 3.03. The minimum absolute atomic E-state index is 0.342. The summed E-state index contributed by atoms with van der Waals surface area (Å²) in [4.78, 5) is 24.1. The third kappa shape index (κ3) is 3.80. The molecule has 0 fully saturated rings. The van der Waals surface area contributed by atoms with Gasteiger partial charge in [0.05, 0.1) is 28.0 Å². The van der Waals surface area contributed by atoms with E-state index in [0.29, 0.717) is 16.3 Å². The number of carbonyl (C=O) groups is 2. The Morgan fingerprint density at radius 2 is 2.04 bits per heavy atom. The summed E-state index contributed by atoms with van der Waals surface area (Å²) in [6.45, 7) is 3.37. The lowest BCUT2D eigenvalue weighted by molar-refractivity contribution is -0.119. The maximum atomic E-state index is 12.1. The molecule has 6 nitrogen and oxygen atoms in total. The maximum absolute atomic E-state index is 12.1. The first-order valence-electron chi connectivity index (χ1n) is 7.61. The molecule has 2 aromatic carbocycles. The average molecular weight is 358 g/mol. The van der Waals surface area contributed by atoms with Gasteiger partial charge in [0, 0.05) is 5.39 Å². The molecule has 0 aliphatic heterocycles. The summed E-state index contributed by atoms with van der Waals surface area (Å²) >= 11 is 6.15. The van der Waals surface area contributed by atoms with Gasteiger partial charge in [-0.1, -0.05) is 23.7 Å². The van der Waals surface area contributed by atoms with Crippen LogP contribution in [0.4, 0.5) is 5.69 Å². The van der Waals surface area contributed by atoms with E-state index in [1.807, 2.05) is 19.9 Å². The number of rotatable bonds is 4. The molecule has 2 N–H and O–H groups in total. The Labute approximate surface area is 149 Å². The van der Waals surface area contributed by atoms with Crippen LogP contribution in [0.15, 0.2) is 36.5 Å². The summed E-state index contributed by atoms with van der Waals surface area (Å²) in [5, 5.41) is 10.7. The normalized spacial score (nSPS) is 10.7. The highest BCUT2D eigenvalue weighted by atomic mass is 35.5. The highest BCUT2D eigenvalue weighted by Gasteiger charge is 2.13. The number of fused-ring (bicyclic) bond motifs is 1. The number of aromatic amines is 1. The van der Waals surface area contributed by atoms with Crippen molar-refractivity contribution in [2.24, 2.45) is 0 Å². The van der Waals surface area contributed by atoms with Crippen molar-refractivity contribution in [3.8, 4) is 0 Å². The van der Waals surface area contributed by atoms with E-state index in [9.17, 15) is 9.59 Å². The molecule has 0 aliphatic carbocycles. The first kappa shape index (κ1) is 17.0. The SMILES string of the molecule is Cc1cc(C)c(NC(=O)COC(=O)c2ccc3cn[nH]c3c2)c(Cl)c1. The Balaban J connectivity index is 1.63. The van der Waals surface area contributed by atoms with Crippen molar-refractivity contribution in [2.75, 3.05) is 11.9 Å². The number of esters is 1. The number of nitrogens with zero attached hydrogens (tertiary/aromatic N) is 1. The Morgan fingerprint density at radius 1 is 1.24 bits per heavy atom. The fraction of sp³-hybridized carbons (Fsp3) is 0.167. The Morgan fingerprint density at radius 3 is 2.80 bits per heavy atom. The summed E-state index contributed by atoms with van der Waals surface area (Å²) < 4.78 is 5.06. The lowest BCUT2D eigenvalue weighted by atomic mass is 10.1. The van der Waals surface area contributed by atoms with Crippen molar-refractivity contribution in [3.63, 3.8) is 0 Å². The van der Waals surface area contributed by atoms with Crippen LogP contribution in [0.1, 0.15) is 21.5 Å². The fourth-order valence-electron chi connectivity index (χ4n) is 2.53. The number of benzene rings is 2. The van der Waals surface area contributed by atoms with Crippen LogP contribution in [-0.4, -0.2) is 28.7 Å². The summed E-state index contributed by atoms with van der Waals surface area (Å²) in [5.41, 5.74) is 3.43. The van der Waals surface area contributed by atoms with Crippen molar-refractivity contribution >= 4 is 40.1 Å². The number of hydrogen-bond donors (Lipinski definition) is 2. The van der Waals surface area contributed by atoms with Gasteiger partial charge in [-0.05, 0) is 43.2 Å². The largest absolute Gasteiger partial charge is 0.452 e. The number of nitrogens with one attached hydrogen (secondary N) is 2. The molecule has 1 aromatic heterocycles. The van der Waals surface area contributed by atoms with E-state index in [1.165, 1.54) is 0 Å². The Bertz CT molecular complexity index is 942. The van der Waals surface area contributed by atoms with Gasteiger partial charge in [-0.3, -0.25) is 9.89 Å². The summed E-state index contributed by atoms with van der Waals surface area (Å²) in [5.74, 6) is -1.04. The Kier molecular flexibility index (Phi) is 4.72. The minimum atomic E-state index is -0.585. The lowest BCUT2D eigenvalue weighted by Crippen LogP contribution is -2.21. The zero-order valence-corrected chi connectivity index (χ0v) is 14.5. The molecule has 128 valence electrons. The molecular weight excluding hydrogens is 342 g/mol. The van der Waals surface area contributed by atoms with Crippen molar-refractivity contribution < 1.29 is 14.3 Å². The van der Waals surface area contributed by atoms with Crippen LogP contribution in [0.3, 0.4) is 0 Å². The van der Waals surface area contributed by atoms with Gasteiger partial charge in [0.25, 0.3) is 5.91 Å². The molecule has 1 heterocycles. The van der Waals surface area contributed by atoms with Gasteiger partial charge in [-0.15, -0.1) is 0 Å². The number of anilines is 1. The third-order valence-electron chi connectivity index (χ3n) is 3.71. The van der Waals surface area contributed by atoms with Crippen molar-refractivity contribution in [1.82, 2.24) is 10.2 Å². The van der Waals surface area contributed by atoms with Crippen LogP contribution >= 0.6 is 11.6 Å². The molecule has 3 aromatic rings. The van der Waals surface area contributed by atoms with Gasteiger partial charge >= 0.3 is 5.97 Å². The molecule has 0 radical (unpaired) electrons. The van der Waals surface area contributed by atoms with Crippen LogP contribution in [0.2, 0.25) is 5.02 Å². The zero-order chi connectivity index (χ0) is 18.0. The number of carbonyl (C=O) groups excluding carboxylic acids is 2. The molecular formula is C18H16ClN3O3. The second-order valence-corrected chi connectivity index (χ2v) is 6.14. The van der Waals surface area contributed by atoms with Crippen LogP contribution < -0.4 is 5.32 Å². The molecule has 3 rings (SSSR count). The highest BCUT2D eigenvalue weighted by Crippen LogP contribution is 2.27. The van der Waals surface area contributed by atoms with Crippen LogP contribution in [0, 0.1) is 13.8 Å². The Hall–Kier alpha value is -2.86. The van der Waals surface area contributed by atoms with Gasteiger partial charge < -0.3 is 10.1 Å². The fourth-order valence-corrected chi connectivity index (χ4v) is 2.90. The van der Waals surface area contributed by atoms with E-state index in [0.717, 1.165) is 22.0 Å². The van der Waals surface area contributed by atoms with Gasteiger partial charge in [-0.25, -0.2) is 4.79 Å². The van der Waals surface area contributed by atoms with E-state index in [1.54, 1.807) is 30.5 Å².